The summed E-state index contributed by atoms with van der Waals surface area (Å²) in [5.74, 6) is -0.931. The lowest BCUT2D eigenvalue weighted by atomic mass is 9.76. The van der Waals surface area contributed by atoms with E-state index in [1.54, 1.807) is 4.90 Å². The summed E-state index contributed by atoms with van der Waals surface area (Å²) in [4.78, 5) is 26.0. The number of hydrogen-bond donors (Lipinski definition) is 2. The number of carboxylic acid groups (broad SMARTS) is 1. The second-order valence-corrected chi connectivity index (χ2v) is 6.87. The predicted octanol–water partition coefficient (Wildman–Crippen LogP) is 2.79. The van der Waals surface area contributed by atoms with Crippen LogP contribution < -0.4 is 5.32 Å². The maximum absolute atomic E-state index is 12.6. The number of nitrogens with zero attached hydrogens (tertiary/aromatic N) is 1. The number of ether oxygens (including phenoxy) is 1. The SMILES string of the molecule is O=C(Nc1ccc2ccccc2c1)N1C[C@@H]2CCOC[C@]2(C(=O)O)C1. The lowest BCUT2D eigenvalue weighted by Crippen LogP contribution is -2.46. The number of nitrogens with one attached hydrogen (secondary N) is 1. The lowest BCUT2D eigenvalue weighted by Gasteiger charge is -2.33. The third-order valence-electron chi connectivity index (χ3n) is 5.38. The molecule has 6 nitrogen and oxygen atoms in total. The number of urea groups is 1. The predicted molar refractivity (Wildman–Crippen MR) is 93.5 cm³/mol. The van der Waals surface area contributed by atoms with E-state index < -0.39 is 11.4 Å². The first-order valence-electron chi connectivity index (χ1n) is 8.44. The average Bonchev–Trinajstić information content (AvgIpc) is 3.03. The first-order valence-corrected chi connectivity index (χ1v) is 8.44. The third-order valence-corrected chi connectivity index (χ3v) is 5.38. The molecule has 2 amide bonds. The first kappa shape index (κ1) is 15.9. The van der Waals surface area contributed by atoms with Gasteiger partial charge in [-0.2, -0.15) is 0 Å². The number of likely N-dealkylation sites (tertiary alicyclic amines) is 1. The maximum atomic E-state index is 12.6. The van der Waals surface area contributed by atoms with Crippen molar-refractivity contribution >= 4 is 28.5 Å². The molecule has 25 heavy (non-hydrogen) atoms. The summed E-state index contributed by atoms with van der Waals surface area (Å²) in [6.07, 6.45) is 0.673. The van der Waals surface area contributed by atoms with Crippen LogP contribution in [0.2, 0.25) is 0 Å². The number of benzene rings is 2. The molecule has 2 N–H and O–H groups in total. The molecule has 0 bridgehead atoms. The zero-order chi connectivity index (χ0) is 17.4. The molecule has 2 saturated heterocycles. The Labute approximate surface area is 145 Å². The van der Waals surface area contributed by atoms with E-state index in [4.69, 9.17) is 4.74 Å². The molecule has 2 fully saturated rings. The summed E-state index contributed by atoms with van der Waals surface area (Å²) in [7, 11) is 0. The van der Waals surface area contributed by atoms with E-state index in [0.717, 1.165) is 10.8 Å². The van der Waals surface area contributed by atoms with Crippen LogP contribution in [0.4, 0.5) is 10.5 Å². The number of carbonyl (C=O) groups is 2. The first-order chi connectivity index (χ1) is 12.1. The van der Waals surface area contributed by atoms with Crippen LogP contribution >= 0.6 is 0 Å². The van der Waals surface area contributed by atoms with Crippen molar-refractivity contribution in [3.63, 3.8) is 0 Å². The fraction of sp³-hybridized carbons (Fsp3) is 0.368. The largest absolute Gasteiger partial charge is 0.481 e. The Morgan fingerprint density at radius 3 is 2.76 bits per heavy atom. The number of hydrogen-bond acceptors (Lipinski definition) is 3. The maximum Gasteiger partial charge on any atom is 0.321 e. The van der Waals surface area contributed by atoms with Crippen LogP contribution in [-0.2, 0) is 9.53 Å². The molecule has 2 aromatic carbocycles. The van der Waals surface area contributed by atoms with Gasteiger partial charge in [-0.15, -0.1) is 0 Å². The van der Waals surface area contributed by atoms with Crippen LogP contribution in [0, 0.1) is 11.3 Å². The van der Waals surface area contributed by atoms with Crippen molar-refractivity contribution in [3.05, 3.63) is 42.5 Å². The molecule has 2 aliphatic rings. The summed E-state index contributed by atoms with van der Waals surface area (Å²) in [5.41, 5.74) is -0.266. The highest BCUT2D eigenvalue weighted by molar-refractivity contribution is 5.94. The minimum atomic E-state index is -0.973. The highest BCUT2D eigenvalue weighted by atomic mass is 16.5. The fourth-order valence-electron chi connectivity index (χ4n) is 3.91. The van der Waals surface area contributed by atoms with E-state index in [1.165, 1.54) is 0 Å². The molecule has 130 valence electrons. The van der Waals surface area contributed by atoms with Gasteiger partial charge in [-0.25, -0.2) is 4.79 Å². The van der Waals surface area contributed by atoms with Crippen LogP contribution in [0.3, 0.4) is 0 Å². The normalized spacial score (nSPS) is 25.6. The van der Waals surface area contributed by atoms with Crippen LogP contribution in [0.25, 0.3) is 10.8 Å². The van der Waals surface area contributed by atoms with E-state index in [9.17, 15) is 14.7 Å². The van der Waals surface area contributed by atoms with Crippen molar-refractivity contribution in [1.82, 2.24) is 4.90 Å². The summed E-state index contributed by atoms with van der Waals surface area (Å²) in [6, 6.07) is 13.4. The van der Waals surface area contributed by atoms with Crippen molar-refractivity contribution in [3.8, 4) is 0 Å². The van der Waals surface area contributed by atoms with Gasteiger partial charge in [-0.1, -0.05) is 30.3 Å². The van der Waals surface area contributed by atoms with Gasteiger partial charge < -0.3 is 20.1 Å². The summed E-state index contributed by atoms with van der Waals surface area (Å²) < 4.78 is 5.40. The molecular weight excluding hydrogens is 320 g/mol. The molecule has 2 aliphatic heterocycles. The molecule has 2 heterocycles. The number of carboxylic acids is 1. The molecule has 2 atom stereocenters. The Bertz CT molecular complexity index is 837. The minimum absolute atomic E-state index is 0.0545. The van der Waals surface area contributed by atoms with Crippen molar-refractivity contribution in [2.75, 3.05) is 31.6 Å². The number of anilines is 1. The van der Waals surface area contributed by atoms with Crippen molar-refractivity contribution < 1.29 is 19.4 Å². The number of aliphatic carboxylic acids is 1. The van der Waals surface area contributed by atoms with Crippen molar-refractivity contribution in [1.29, 1.82) is 0 Å². The highest BCUT2D eigenvalue weighted by Crippen LogP contribution is 2.41. The molecule has 6 heteroatoms. The summed E-state index contributed by atoms with van der Waals surface area (Å²) in [6.45, 7) is 1.37. The number of amides is 2. The monoisotopic (exact) mass is 340 g/mol. The van der Waals surface area contributed by atoms with E-state index in [-0.39, 0.29) is 25.1 Å². The second kappa shape index (κ2) is 6.04. The van der Waals surface area contributed by atoms with Gasteiger partial charge in [0.1, 0.15) is 5.41 Å². The van der Waals surface area contributed by atoms with E-state index in [0.29, 0.717) is 25.3 Å². The Kier molecular flexibility index (Phi) is 3.84. The van der Waals surface area contributed by atoms with E-state index >= 15 is 0 Å². The summed E-state index contributed by atoms with van der Waals surface area (Å²) in [5, 5.41) is 14.7. The van der Waals surface area contributed by atoms with Gasteiger partial charge in [-0.05, 0) is 35.2 Å². The van der Waals surface area contributed by atoms with Crippen LogP contribution in [0.5, 0.6) is 0 Å². The highest BCUT2D eigenvalue weighted by Gasteiger charge is 2.55. The molecule has 4 rings (SSSR count). The van der Waals surface area contributed by atoms with Crippen LogP contribution in [-0.4, -0.2) is 48.3 Å². The van der Waals surface area contributed by atoms with Crippen LogP contribution in [0.15, 0.2) is 42.5 Å². The van der Waals surface area contributed by atoms with Gasteiger partial charge in [0.15, 0.2) is 0 Å². The molecule has 0 spiro atoms. The van der Waals surface area contributed by atoms with Crippen LogP contribution in [0.1, 0.15) is 6.42 Å². The fourth-order valence-corrected chi connectivity index (χ4v) is 3.91. The molecule has 0 aliphatic carbocycles. The Hall–Kier alpha value is -2.60. The number of fused-ring (bicyclic) bond motifs is 2. The standard InChI is InChI=1S/C19H20N2O4/c22-17(23)19-11-21(10-15(19)7-8-25-12-19)18(24)20-16-6-5-13-3-1-2-4-14(13)9-16/h1-6,9,15H,7-8,10-12H2,(H,20,24)(H,22,23)/t15-,19+/m0/s1. The Balaban J connectivity index is 1.52. The molecule has 0 radical (unpaired) electrons. The third kappa shape index (κ3) is 2.72. The summed E-state index contributed by atoms with van der Waals surface area (Å²) >= 11 is 0. The quantitative estimate of drug-likeness (QED) is 0.881. The molecule has 0 unspecified atom stereocenters. The van der Waals surface area contributed by atoms with Gasteiger partial charge in [0.05, 0.1) is 6.61 Å². The second-order valence-electron chi connectivity index (χ2n) is 6.87. The topological polar surface area (TPSA) is 78.9 Å². The van der Waals surface area contributed by atoms with E-state index in [2.05, 4.69) is 5.32 Å². The average molecular weight is 340 g/mol. The van der Waals surface area contributed by atoms with Gasteiger partial charge in [0.2, 0.25) is 0 Å². The Morgan fingerprint density at radius 1 is 1.20 bits per heavy atom. The van der Waals surface area contributed by atoms with E-state index in [1.807, 2.05) is 42.5 Å². The van der Waals surface area contributed by atoms with Gasteiger partial charge in [0.25, 0.3) is 0 Å². The van der Waals surface area contributed by atoms with Gasteiger partial charge >= 0.3 is 12.0 Å². The number of rotatable bonds is 2. The Morgan fingerprint density at radius 2 is 2.00 bits per heavy atom. The van der Waals surface area contributed by atoms with Gasteiger partial charge in [0, 0.05) is 25.4 Å². The number of carbonyl (C=O) groups excluding carboxylic acids is 1. The molecular formula is C19H20N2O4. The van der Waals surface area contributed by atoms with Gasteiger partial charge in [-0.3, -0.25) is 4.79 Å². The zero-order valence-corrected chi connectivity index (χ0v) is 13.8. The minimum Gasteiger partial charge on any atom is -0.481 e. The molecule has 0 saturated carbocycles. The smallest absolute Gasteiger partial charge is 0.321 e. The molecule has 2 aromatic rings. The molecule has 0 aromatic heterocycles. The van der Waals surface area contributed by atoms with Crippen molar-refractivity contribution in [2.45, 2.75) is 6.42 Å². The van der Waals surface area contributed by atoms with Crippen molar-refractivity contribution in [2.24, 2.45) is 11.3 Å². The zero-order valence-electron chi connectivity index (χ0n) is 13.8. The lowest BCUT2D eigenvalue weighted by molar-refractivity contribution is -0.159.